The van der Waals surface area contributed by atoms with Crippen molar-refractivity contribution in [3.05, 3.63) is 69.9 Å². The second-order valence-electron chi connectivity index (χ2n) is 7.39. The van der Waals surface area contributed by atoms with Gasteiger partial charge in [0.2, 0.25) is 0 Å². The van der Waals surface area contributed by atoms with E-state index in [0.29, 0.717) is 22.8 Å². The number of rotatable bonds is 7. The molecule has 0 atom stereocenters. The van der Waals surface area contributed by atoms with Crippen molar-refractivity contribution in [1.29, 1.82) is 0 Å². The number of thiophene rings is 1. The number of aromatic nitrogens is 2. The van der Waals surface area contributed by atoms with Gasteiger partial charge in [0, 0.05) is 37.3 Å². The number of ether oxygens (including phenoxy) is 1. The highest BCUT2D eigenvalue weighted by Crippen LogP contribution is 2.38. The number of nitrogens with zero attached hydrogens (tertiary/aromatic N) is 3. The molecule has 0 fully saturated rings. The first-order valence-electron chi connectivity index (χ1n) is 10.5. The van der Waals surface area contributed by atoms with E-state index in [0.717, 1.165) is 36.5 Å². The molecule has 9 heteroatoms. The molecule has 0 aliphatic carbocycles. The molecule has 1 aliphatic rings. The van der Waals surface area contributed by atoms with Gasteiger partial charge >= 0.3 is 5.97 Å². The summed E-state index contributed by atoms with van der Waals surface area (Å²) in [5.74, 6) is -0.705. The van der Waals surface area contributed by atoms with Crippen LogP contribution in [0.4, 0.5) is 5.00 Å². The van der Waals surface area contributed by atoms with Gasteiger partial charge < -0.3 is 10.1 Å². The van der Waals surface area contributed by atoms with Crippen molar-refractivity contribution in [3.63, 3.8) is 0 Å². The molecule has 3 heterocycles. The van der Waals surface area contributed by atoms with Gasteiger partial charge in [0.05, 0.1) is 12.2 Å². The Bertz CT molecular complexity index is 1080. The van der Waals surface area contributed by atoms with E-state index < -0.39 is 0 Å². The van der Waals surface area contributed by atoms with Crippen LogP contribution in [-0.4, -0.2) is 39.7 Å². The minimum atomic E-state index is -0.383. The van der Waals surface area contributed by atoms with Crippen LogP contribution >= 0.6 is 23.7 Å². The minimum Gasteiger partial charge on any atom is -0.462 e. The first kappa shape index (κ1) is 24.0. The van der Waals surface area contributed by atoms with Crippen LogP contribution in [0.25, 0.3) is 0 Å². The number of benzene rings is 1. The molecule has 1 N–H and O–H groups in total. The Morgan fingerprint density at radius 3 is 2.66 bits per heavy atom. The van der Waals surface area contributed by atoms with Crippen LogP contribution < -0.4 is 5.32 Å². The van der Waals surface area contributed by atoms with Crippen LogP contribution in [0.1, 0.15) is 50.7 Å². The Labute approximate surface area is 197 Å². The molecule has 2 aromatic heterocycles. The van der Waals surface area contributed by atoms with E-state index in [2.05, 4.69) is 27.4 Å². The number of hydrogen-bond donors (Lipinski definition) is 1. The molecule has 1 aromatic carbocycles. The van der Waals surface area contributed by atoms with Gasteiger partial charge in [0.15, 0.2) is 5.69 Å². The average molecular weight is 475 g/mol. The van der Waals surface area contributed by atoms with Gasteiger partial charge in [-0.3, -0.25) is 14.4 Å². The van der Waals surface area contributed by atoms with Crippen LogP contribution in [0.5, 0.6) is 0 Å². The molecule has 1 aliphatic heterocycles. The predicted molar refractivity (Wildman–Crippen MR) is 128 cm³/mol. The molecular weight excluding hydrogens is 448 g/mol. The third-order valence-electron chi connectivity index (χ3n) is 5.29. The molecule has 1 amide bonds. The molecule has 0 unspecified atom stereocenters. The maximum atomic E-state index is 12.8. The van der Waals surface area contributed by atoms with Crippen LogP contribution in [0, 0.1) is 0 Å². The molecule has 0 saturated heterocycles. The Morgan fingerprint density at radius 1 is 1.19 bits per heavy atom. The van der Waals surface area contributed by atoms with E-state index in [9.17, 15) is 9.59 Å². The first-order chi connectivity index (χ1) is 15.1. The standard InChI is InChI=1S/C23H26N4O3S.ClH/c1-3-27-13-11-18(25-27)21(28)24-22-20(23(29)30-4-2)17-10-12-26(15-19(17)31-22)14-16-8-6-5-7-9-16;/h5-9,11,13H,3-4,10,12,14-15H2,1-2H3,(H,24,28);1H. The lowest BCUT2D eigenvalue weighted by atomic mass is 10.0. The van der Waals surface area contributed by atoms with Gasteiger partial charge in [-0.25, -0.2) is 4.79 Å². The quantitative estimate of drug-likeness (QED) is 0.514. The van der Waals surface area contributed by atoms with Crippen molar-refractivity contribution in [2.24, 2.45) is 0 Å². The van der Waals surface area contributed by atoms with Gasteiger partial charge in [-0.15, -0.1) is 23.7 Å². The van der Waals surface area contributed by atoms with Crippen LogP contribution in [0.3, 0.4) is 0 Å². The van der Waals surface area contributed by atoms with Gasteiger partial charge in [-0.05, 0) is 37.5 Å². The number of halogens is 1. The molecular formula is C23H27ClN4O3S. The van der Waals surface area contributed by atoms with E-state index in [1.807, 2.05) is 25.1 Å². The van der Waals surface area contributed by atoms with Crippen LogP contribution in [0.2, 0.25) is 0 Å². The van der Waals surface area contributed by atoms with Gasteiger partial charge in [-0.2, -0.15) is 5.10 Å². The molecule has 7 nitrogen and oxygen atoms in total. The summed E-state index contributed by atoms with van der Waals surface area (Å²) in [5.41, 5.74) is 3.06. The average Bonchev–Trinajstić information content (AvgIpc) is 3.39. The predicted octanol–water partition coefficient (Wildman–Crippen LogP) is 4.37. The smallest absolute Gasteiger partial charge is 0.341 e. The Kier molecular flexibility index (Phi) is 8.06. The largest absolute Gasteiger partial charge is 0.462 e. The lowest BCUT2D eigenvalue weighted by Gasteiger charge is -2.27. The summed E-state index contributed by atoms with van der Waals surface area (Å²) in [7, 11) is 0. The highest BCUT2D eigenvalue weighted by Gasteiger charge is 2.30. The number of nitrogens with one attached hydrogen (secondary N) is 1. The molecule has 0 bridgehead atoms. The summed E-state index contributed by atoms with van der Waals surface area (Å²) in [4.78, 5) is 28.9. The van der Waals surface area contributed by atoms with Crippen molar-refractivity contribution >= 4 is 40.6 Å². The number of carbonyl (C=O) groups is 2. The van der Waals surface area contributed by atoms with E-state index in [-0.39, 0.29) is 30.9 Å². The molecule has 170 valence electrons. The molecule has 32 heavy (non-hydrogen) atoms. The number of amides is 1. The number of esters is 1. The maximum Gasteiger partial charge on any atom is 0.341 e. The van der Waals surface area contributed by atoms with Crippen molar-refractivity contribution < 1.29 is 14.3 Å². The van der Waals surface area contributed by atoms with Crippen molar-refractivity contribution in [3.8, 4) is 0 Å². The second kappa shape index (κ2) is 10.8. The number of anilines is 1. The number of carbonyl (C=O) groups excluding carboxylic acids is 2. The molecule has 0 saturated carbocycles. The third kappa shape index (κ3) is 5.20. The number of hydrogen-bond acceptors (Lipinski definition) is 6. The normalized spacial score (nSPS) is 13.2. The Morgan fingerprint density at radius 2 is 1.97 bits per heavy atom. The van der Waals surface area contributed by atoms with E-state index in [4.69, 9.17) is 4.74 Å². The third-order valence-corrected chi connectivity index (χ3v) is 6.42. The summed E-state index contributed by atoms with van der Waals surface area (Å²) in [6.07, 6.45) is 2.51. The zero-order valence-electron chi connectivity index (χ0n) is 18.2. The highest BCUT2D eigenvalue weighted by molar-refractivity contribution is 7.17. The van der Waals surface area contributed by atoms with Crippen LogP contribution in [-0.2, 0) is 30.8 Å². The zero-order valence-corrected chi connectivity index (χ0v) is 19.8. The first-order valence-corrected chi connectivity index (χ1v) is 11.3. The van der Waals surface area contributed by atoms with Crippen LogP contribution in [0.15, 0.2) is 42.6 Å². The second-order valence-corrected chi connectivity index (χ2v) is 8.49. The fraction of sp³-hybridized carbons (Fsp3) is 0.348. The highest BCUT2D eigenvalue weighted by atomic mass is 35.5. The summed E-state index contributed by atoms with van der Waals surface area (Å²) < 4.78 is 7.00. The van der Waals surface area contributed by atoms with E-state index in [1.54, 1.807) is 23.9 Å². The van der Waals surface area contributed by atoms with Crippen molar-refractivity contribution in [1.82, 2.24) is 14.7 Å². The Balaban J connectivity index is 0.00000289. The summed E-state index contributed by atoms with van der Waals surface area (Å²) in [5, 5.41) is 7.71. The fourth-order valence-corrected chi connectivity index (χ4v) is 5.04. The van der Waals surface area contributed by atoms with E-state index >= 15 is 0 Å². The monoisotopic (exact) mass is 474 g/mol. The molecule has 0 spiro atoms. The van der Waals surface area contributed by atoms with Crippen molar-refractivity contribution in [2.45, 2.75) is 39.9 Å². The van der Waals surface area contributed by atoms with Crippen molar-refractivity contribution in [2.75, 3.05) is 18.5 Å². The number of fused-ring (bicyclic) bond motifs is 1. The SMILES string of the molecule is CCOC(=O)c1c(NC(=O)c2ccn(CC)n2)sc2c1CCN(Cc1ccccc1)C2.Cl. The summed E-state index contributed by atoms with van der Waals surface area (Å²) in [6.45, 7) is 7.16. The lowest BCUT2D eigenvalue weighted by molar-refractivity contribution is 0.0526. The topological polar surface area (TPSA) is 76.5 Å². The minimum absolute atomic E-state index is 0. The fourth-order valence-electron chi connectivity index (χ4n) is 3.77. The molecule has 0 radical (unpaired) electrons. The molecule has 4 rings (SSSR count). The van der Waals surface area contributed by atoms with Gasteiger partial charge in [0.25, 0.3) is 5.91 Å². The maximum absolute atomic E-state index is 12.8. The zero-order chi connectivity index (χ0) is 21.8. The lowest BCUT2D eigenvalue weighted by Crippen LogP contribution is -2.29. The van der Waals surface area contributed by atoms with E-state index in [1.165, 1.54) is 16.9 Å². The molecule has 3 aromatic rings. The van der Waals surface area contributed by atoms with Gasteiger partial charge in [0.1, 0.15) is 5.00 Å². The Hall–Kier alpha value is -2.68. The van der Waals surface area contributed by atoms with Gasteiger partial charge in [-0.1, -0.05) is 30.3 Å². The summed E-state index contributed by atoms with van der Waals surface area (Å²) >= 11 is 1.46. The number of aryl methyl sites for hydroxylation is 1. The summed E-state index contributed by atoms with van der Waals surface area (Å²) in [6, 6.07) is 12.0.